The van der Waals surface area contributed by atoms with Crippen LogP contribution >= 0.6 is 0 Å². The average molecular weight is 411 g/mol. The van der Waals surface area contributed by atoms with Crippen molar-refractivity contribution in [2.24, 2.45) is 11.8 Å². The van der Waals surface area contributed by atoms with Gasteiger partial charge in [-0.15, -0.1) is 0 Å². The van der Waals surface area contributed by atoms with Crippen LogP contribution in [0, 0.1) is 11.8 Å². The van der Waals surface area contributed by atoms with Crippen molar-refractivity contribution in [3.8, 4) is 0 Å². The maximum Gasteiger partial charge on any atom is 0.416 e. The molecule has 1 aromatic rings. The molecule has 2 heterocycles. The number of nitrogens with zero attached hydrogens (tertiary/aromatic N) is 2. The number of alkyl halides is 3. The van der Waals surface area contributed by atoms with E-state index in [4.69, 9.17) is 0 Å². The van der Waals surface area contributed by atoms with Gasteiger partial charge in [0.2, 0.25) is 11.8 Å². The Morgan fingerprint density at radius 1 is 1.10 bits per heavy atom. The molecule has 29 heavy (non-hydrogen) atoms. The van der Waals surface area contributed by atoms with E-state index in [1.165, 1.54) is 6.07 Å². The standard InChI is InChI=1S/C21H28F3N3O2/c1-14(2)20(29)27-11-5-6-15(13-27)19(28)25-17-12-16(21(22,23)24)7-8-18(17)26-9-3-4-10-26/h7-8,12,14-15H,3-6,9-11,13H2,1-2H3,(H,25,28)/t15-/m0/s1. The number of halogens is 3. The fourth-order valence-corrected chi connectivity index (χ4v) is 4.04. The van der Waals surface area contributed by atoms with Crippen molar-refractivity contribution in [1.82, 2.24) is 4.90 Å². The number of carbonyl (C=O) groups excluding carboxylic acids is 2. The number of likely N-dealkylation sites (tertiary alicyclic amines) is 1. The Hall–Kier alpha value is -2.25. The molecule has 2 aliphatic rings. The summed E-state index contributed by atoms with van der Waals surface area (Å²) >= 11 is 0. The molecule has 160 valence electrons. The number of nitrogens with one attached hydrogen (secondary N) is 1. The topological polar surface area (TPSA) is 52.7 Å². The number of rotatable bonds is 4. The number of amides is 2. The van der Waals surface area contributed by atoms with E-state index in [1.807, 2.05) is 18.7 Å². The zero-order valence-electron chi connectivity index (χ0n) is 16.9. The Morgan fingerprint density at radius 3 is 2.41 bits per heavy atom. The van der Waals surface area contributed by atoms with Gasteiger partial charge in [-0.1, -0.05) is 13.8 Å². The van der Waals surface area contributed by atoms with E-state index < -0.39 is 17.7 Å². The Bertz CT molecular complexity index is 758. The third kappa shape index (κ3) is 5.03. The van der Waals surface area contributed by atoms with E-state index in [0.29, 0.717) is 31.6 Å². The highest BCUT2D eigenvalue weighted by Gasteiger charge is 2.33. The third-order valence-electron chi connectivity index (χ3n) is 5.63. The summed E-state index contributed by atoms with van der Waals surface area (Å²) < 4.78 is 39.6. The highest BCUT2D eigenvalue weighted by Crippen LogP contribution is 2.37. The molecule has 0 spiro atoms. The molecule has 2 saturated heterocycles. The first-order valence-electron chi connectivity index (χ1n) is 10.2. The number of hydrogen-bond donors (Lipinski definition) is 1. The van der Waals surface area contributed by atoms with Gasteiger partial charge in [0.05, 0.1) is 22.9 Å². The fraction of sp³-hybridized carbons (Fsp3) is 0.619. The van der Waals surface area contributed by atoms with E-state index >= 15 is 0 Å². The van der Waals surface area contributed by atoms with Gasteiger partial charge in [0, 0.05) is 32.1 Å². The van der Waals surface area contributed by atoms with Crippen molar-refractivity contribution in [2.75, 3.05) is 36.4 Å². The summed E-state index contributed by atoms with van der Waals surface area (Å²) in [5.41, 5.74) is 0.0322. The van der Waals surface area contributed by atoms with Crippen molar-refractivity contribution in [3.63, 3.8) is 0 Å². The lowest BCUT2D eigenvalue weighted by Gasteiger charge is -2.33. The SMILES string of the molecule is CC(C)C(=O)N1CCC[C@H](C(=O)Nc2cc(C(F)(F)F)ccc2N2CCCC2)C1. The van der Waals surface area contributed by atoms with Crippen LogP contribution in [0.15, 0.2) is 18.2 Å². The minimum Gasteiger partial charge on any atom is -0.370 e. The molecule has 8 heteroatoms. The van der Waals surface area contributed by atoms with Gasteiger partial charge in [0.25, 0.3) is 0 Å². The van der Waals surface area contributed by atoms with Crippen molar-refractivity contribution in [3.05, 3.63) is 23.8 Å². The highest BCUT2D eigenvalue weighted by atomic mass is 19.4. The first-order chi connectivity index (χ1) is 13.7. The third-order valence-corrected chi connectivity index (χ3v) is 5.63. The summed E-state index contributed by atoms with van der Waals surface area (Å²) in [5.74, 6) is -0.903. The molecule has 2 fully saturated rings. The minimum atomic E-state index is -4.48. The first kappa shape index (κ1) is 21.5. The molecular formula is C21H28F3N3O2. The van der Waals surface area contributed by atoms with Crippen LogP contribution in [-0.4, -0.2) is 42.9 Å². The Labute approximate surface area is 169 Å². The number of anilines is 2. The van der Waals surface area contributed by atoms with Gasteiger partial charge < -0.3 is 15.1 Å². The largest absolute Gasteiger partial charge is 0.416 e. The van der Waals surface area contributed by atoms with Crippen LogP contribution in [0.25, 0.3) is 0 Å². The van der Waals surface area contributed by atoms with Crippen molar-refractivity contribution >= 4 is 23.2 Å². The summed E-state index contributed by atoms with van der Waals surface area (Å²) in [6, 6.07) is 3.53. The predicted octanol–water partition coefficient (Wildman–Crippen LogP) is 4.14. The molecule has 0 saturated carbocycles. The van der Waals surface area contributed by atoms with E-state index in [1.54, 1.807) is 4.90 Å². The summed E-state index contributed by atoms with van der Waals surface area (Å²) in [6.45, 7) is 6.07. The number of benzene rings is 1. The number of carbonyl (C=O) groups is 2. The normalized spacial score (nSPS) is 20.3. The average Bonchev–Trinajstić information content (AvgIpc) is 3.21. The summed E-state index contributed by atoms with van der Waals surface area (Å²) in [7, 11) is 0. The molecule has 0 unspecified atom stereocenters. The van der Waals surface area contributed by atoms with Gasteiger partial charge in [-0.05, 0) is 43.9 Å². The van der Waals surface area contributed by atoms with Crippen molar-refractivity contribution in [1.29, 1.82) is 0 Å². The van der Waals surface area contributed by atoms with Crippen LogP contribution in [0.4, 0.5) is 24.5 Å². The summed E-state index contributed by atoms with van der Waals surface area (Å²) in [6.07, 6.45) is -1.20. The maximum absolute atomic E-state index is 13.2. The lowest BCUT2D eigenvalue weighted by molar-refractivity contribution is -0.138. The molecule has 0 radical (unpaired) electrons. The maximum atomic E-state index is 13.2. The Morgan fingerprint density at radius 2 is 1.79 bits per heavy atom. The van der Waals surface area contributed by atoms with Gasteiger partial charge in [-0.2, -0.15) is 13.2 Å². The van der Waals surface area contributed by atoms with Gasteiger partial charge in [0.1, 0.15) is 0 Å². The summed E-state index contributed by atoms with van der Waals surface area (Å²) in [5, 5.41) is 2.74. The van der Waals surface area contributed by atoms with Crippen molar-refractivity contribution < 1.29 is 22.8 Å². The lowest BCUT2D eigenvalue weighted by atomic mass is 9.96. The van der Waals surface area contributed by atoms with E-state index in [-0.39, 0.29) is 23.4 Å². The van der Waals surface area contributed by atoms with E-state index in [9.17, 15) is 22.8 Å². The quantitative estimate of drug-likeness (QED) is 0.810. The smallest absolute Gasteiger partial charge is 0.370 e. The first-order valence-corrected chi connectivity index (χ1v) is 10.2. The van der Waals surface area contributed by atoms with E-state index in [0.717, 1.165) is 38.1 Å². The zero-order valence-corrected chi connectivity index (χ0v) is 16.9. The van der Waals surface area contributed by atoms with Crippen LogP contribution in [0.3, 0.4) is 0 Å². The molecule has 3 rings (SSSR count). The van der Waals surface area contributed by atoms with E-state index in [2.05, 4.69) is 5.32 Å². The number of piperidine rings is 1. The van der Waals surface area contributed by atoms with Crippen LogP contribution in [0.2, 0.25) is 0 Å². The monoisotopic (exact) mass is 411 g/mol. The Balaban J connectivity index is 1.80. The van der Waals surface area contributed by atoms with Gasteiger partial charge in [-0.25, -0.2) is 0 Å². The Kier molecular flexibility index (Phi) is 6.39. The summed E-state index contributed by atoms with van der Waals surface area (Å²) in [4.78, 5) is 28.8. The molecule has 2 amide bonds. The molecule has 0 aliphatic carbocycles. The second kappa shape index (κ2) is 8.63. The van der Waals surface area contributed by atoms with Gasteiger partial charge >= 0.3 is 6.18 Å². The van der Waals surface area contributed by atoms with Gasteiger partial charge in [-0.3, -0.25) is 9.59 Å². The van der Waals surface area contributed by atoms with Crippen LogP contribution < -0.4 is 10.2 Å². The fourth-order valence-electron chi connectivity index (χ4n) is 4.04. The second-order valence-electron chi connectivity index (χ2n) is 8.19. The highest BCUT2D eigenvalue weighted by molar-refractivity contribution is 5.96. The zero-order chi connectivity index (χ0) is 21.2. The molecule has 1 atom stereocenters. The molecule has 0 aromatic heterocycles. The lowest BCUT2D eigenvalue weighted by Crippen LogP contribution is -2.45. The molecule has 5 nitrogen and oxygen atoms in total. The predicted molar refractivity (Wildman–Crippen MR) is 106 cm³/mol. The number of hydrogen-bond acceptors (Lipinski definition) is 3. The van der Waals surface area contributed by atoms with Crippen LogP contribution in [0.1, 0.15) is 45.1 Å². The minimum absolute atomic E-state index is 0.000625. The molecule has 1 aromatic carbocycles. The van der Waals surface area contributed by atoms with Gasteiger partial charge in [0.15, 0.2) is 0 Å². The molecule has 2 aliphatic heterocycles. The molecular weight excluding hydrogens is 383 g/mol. The van der Waals surface area contributed by atoms with Crippen LogP contribution in [0.5, 0.6) is 0 Å². The molecule has 1 N–H and O–H groups in total. The molecule has 0 bridgehead atoms. The van der Waals surface area contributed by atoms with Crippen LogP contribution in [-0.2, 0) is 15.8 Å². The van der Waals surface area contributed by atoms with Crippen molar-refractivity contribution in [2.45, 2.75) is 45.7 Å². The second-order valence-corrected chi connectivity index (χ2v) is 8.19.